The maximum absolute atomic E-state index is 13.1. The van der Waals surface area contributed by atoms with E-state index in [4.69, 9.17) is 16.3 Å². The molecule has 1 aliphatic heterocycles. The molecule has 0 N–H and O–H groups in total. The van der Waals surface area contributed by atoms with E-state index in [-0.39, 0.29) is 10.6 Å². The highest BCUT2D eigenvalue weighted by molar-refractivity contribution is 7.89. The Morgan fingerprint density at radius 3 is 2.31 bits per heavy atom. The Hall–Kier alpha value is -2.10. The topological polar surface area (TPSA) is 78.9 Å². The van der Waals surface area contributed by atoms with Crippen molar-refractivity contribution in [2.45, 2.75) is 18.7 Å². The van der Waals surface area contributed by atoms with Crippen LogP contribution in [0.5, 0.6) is 5.75 Å². The van der Waals surface area contributed by atoms with Crippen molar-refractivity contribution in [1.29, 1.82) is 0 Å². The SMILES string of the molecule is CCN(CC)c1ccc(N2CCN(S(=O)(=O)c3cc(Cl)ccc3OC)CC2)nn1. The molecule has 1 aliphatic rings. The number of anilines is 2. The second kappa shape index (κ2) is 9.15. The van der Waals surface area contributed by atoms with Gasteiger partial charge in [0.2, 0.25) is 10.0 Å². The molecule has 0 bridgehead atoms. The fourth-order valence-corrected chi connectivity index (χ4v) is 5.19. The molecule has 3 rings (SSSR count). The Morgan fingerprint density at radius 1 is 1.07 bits per heavy atom. The maximum atomic E-state index is 13.1. The van der Waals surface area contributed by atoms with Crippen molar-refractivity contribution in [3.05, 3.63) is 35.4 Å². The van der Waals surface area contributed by atoms with Crippen molar-refractivity contribution in [2.75, 3.05) is 56.2 Å². The summed E-state index contributed by atoms with van der Waals surface area (Å²) in [6.45, 7) is 7.64. The Labute approximate surface area is 177 Å². The molecule has 0 spiro atoms. The molecule has 2 aromatic rings. The minimum Gasteiger partial charge on any atom is -0.495 e. The second-order valence-electron chi connectivity index (χ2n) is 6.61. The van der Waals surface area contributed by atoms with Crippen molar-refractivity contribution in [2.24, 2.45) is 0 Å². The predicted molar refractivity (Wildman–Crippen MR) is 115 cm³/mol. The molecule has 158 valence electrons. The van der Waals surface area contributed by atoms with E-state index in [1.165, 1.54) is 17.5 Å². The summed E-state index contributed by atoms with van der Waals surface area (Å²) in [6.07, 6.45) is 0. The lowest BCUT2D eigenvalue weighted by Crippen LogP contribution is -2.49. The first-order valence-electron chi connectivity index (χ1n) is 9.58. The van der Waals surface area contributed by atoms with Crippen LogP contribution in [0.25, 0.3) is 0 Å². The third-order valence-electron chi connectivity index (χ3n) is 5.03. The number of rotatable bonds is 7. The van der Waals surface area contributed by atoms with Gasteiger partial charge in [0.25, 0.3) is 0 Å². The van der Waals surface area contributed by atoms with Crippen LogP contribution in [0.2, 0.25) is 5.02 Å². The molecule has 0 atom stereocenters. The number of benzene rings is 1. The van der Waals surface area contributed by atoms with Gasteiger partial charge in [-0.3, -0.25) is 0 Å². The molecule has 1 saturated heterocycles. The monoisotopic (exact) mass is 439 g/mol. The van der Waals surface area contributed by atoms with Gasteiger partial charge in [0.1, 0.15) is 10.6 Å². The number of sulfonamides is 1. The normalized spacial score (nSPS) is 15.4. The Morgan fingerprint density at radius 2 is 1.76 bits per heavy atom. The highest BCUT2D eigenvalue weighted by atomic mass is 35.5. The number of methoxy groups -OCH3 is 1. The van der Waals surface area contributed by atoms with Gasteiger partial charge in [0, 0.05) is 44.3 Å². The number of hydrogen-bond donors (Lipinski definition) is 0. The lowest BCUT2D eigenvalue weighted by Gasteiger charge is -2.34. The zero-order chi connectivity index (χ0) is 21.0. The van der Waals surface area contributed by atoms with E-state index in [1.807, 2.05) is 17.0 Å². The molecular formula is C19H26ClN5O3S. The lowest BCUT2D eigenvalue weighted by molar-refractivity contribution is 0.373. The number of ether oxygens (including phenoxy) is 1. The minimum atomic E-state index is -3.70. The van der Waals surface area contributed by atoms with Crippen LogP contribution in [0.15, 0.2) is 35.2 Å². The molecule has 0 radical (unpaired) electrons. The van der Waals surface area contributed by atoms with Crippen molar-refractivity contribution in [3.63, 3.8) is 0 Å². The van der Waals surface area contributed by atoms with Crippen LogP contribution in [0.1, 0.15) is 13.8 Å². The minimum absolute atomic E-state index is 0.0873. The van der Waals surface area contributed by atoms with Crippen molar-refractivity contribution in [1.82, 2.24) is 14.5 Å². The van der Waals surface area contributed by atoms with Crippen LogP contribution in [-0.2, 0) is 10.0 Å². The largest absolute Gasteiger partial charge is 0.495 e. The number of hydrogen-bond acceptors (Lipinski definition) is 7. The molecule has 0 unspecified atom stereocenters. The molecule has 1 aromatic carbocycles. The van der Waals surface area contributed by atoms with Gasteiger partial charge < -0.3 is 14.5 Å². The summed E-state index contributed by atoms with van der Waals surface area (Å²) in [5, 5.41) is 9.00. The van der Waals surface area contributed by atoms with E-state index in [2.05, 4.69) is 28.9 Å². The van der Waals surface area contributed by atoms with E-state index >= 15 is 0 Å². The van der Waals surface area contributed by atoms with Crippen molar-refractivity contribution >= 4 is 33.3 Å². The molecule has 0 amide bonds. The number of nitrogens with zero attached hydrogens (tertiary/aromatic N) is 5. The second-order valence-corrected chi connectivity index (χ2v) is 8.95. The first kappa shape index (κ1) is 21.6. The van der Waals surface area contributed by atoms with Crippen LogP contribution < -0.4 is 14.5 Å². The average molecular weight is 440 g/mol. The fourth-order valence-electron chi connectivity index (χ4n) is 3.35. The Kier molecular flexibility index (Phi) is 6.81. The van der Waals surface area contributed by atoms with E-state index in [1.54, 1.807) is 12.1 Å². The van der Waals surface area contributed by atoms with Crippen LogP contribution in [0.4, 0.5) is 11.6 Å². The fraction of sp³-hybridized carbons (Fsp3) is 0.474. The zero-order valence-corrected chi connectivity index (χ0v) is 18.4. The summed E-state index contributed by atoms with van der Waals surface area (Å²) >= 11 is 6.01. The summed E-state index contributed by atoms with van der Waals surface area (Å²) in [6, 6.07) is 8.50. The zero-order valence-electron chi connectivity index (χ0n) is 16.9. The summed E-state index contributed by atoms with van der Waals surface area (Å²) in [4.78, 5) is 4.25. The lowest BCUT2D eigenvalue weighted by atomic mass is 10.3. The Bertz CT molecular complexity index is 927. The van der Waals surface area contributed by atoms with Crippen LogP contribution in [0.3, 0.4) is 0 Å². The van der Waals surface area contributed by atoms with E-state index < -0.39 is 10.0 Å². The van der Waals surface area contributed by atoms with Crippen LogP contribution in [-0.4, -0.2) is 69.3 Å². The van der Waals surface area contributed by atoms with Gasteiger partial charge in [0.05, 0.1) is 7.11 Å². The number of halogens is 1. The molecule has 29 heavy (non-hydrogen) atoms. The summed E-state index contributed by atoms with van der Waals surface area (Å²) in [7, 11) is -2.26. The number of aromatic nitrogens is 2. The first-order valence-corrected chi connectivity index (χ1v) is 11.4. The molecule has 0 aliphatic carbocycles. The summed E-state index contributed by atoms with van der Waals surface area (Å²) in [5.74, 6) is 1.88. The quantitative estimate of drug-likeness (QED) is 0.655. The van der Waals surface area contributed by atoms with Gasteiger partial charge in [-0.1, -0.05) is 11.6 Å². The smallest absolute Gasteiger partial charge is 0.246 e. The van der Waals surface area contributed by atoms with Gasteiger partial charge in [-0.05, 0) is 44.2 Å². The Balaban J connectivity index is 1.71. The van der Waals surface area contributed by atoms with E-state index in [0.717, 1.165) is 24.7 Å². The van der Waals surface area contributed by atoms with Gasteiger partial charge in [-0.25, -0.2) is 8.42 Å². The van der Waals surface area contributed by atoms with Gasteiger partial charge in [-0.15, -0.1) is 10.2 Å². The van der Waals surface area contributed by atoms with E-state index in [0.29, 0.717) is 31.2 Å². The maximum Gasteiger partial charge on any atom is 0.246 e. The highest BCUT2D eigenvalue weighted by Crippen LogP contribution is 2.30. The molecule has 1 fully saturated rings. The highest BCUT2D eigenvalue weighted by Gasteiger charge is 2.31. The molecule has 8 nitrogen and oxygen atoms in total. The van der Waals surface area contributed by atoms with Crippen molar-refractivity contribution < 1.29 is 13.2 Å². The molecular weight excluding hydrogens is 414 g/mol. The van der Waals surface area contributed by atoms with Crippen molar-refractivity contribution in [3.8, 4) is 5.75 Å². The molecule has 10 heteroatoms. The van der Waals surface area contributed by atoms with Gasteiger partial charge in [-0.2, -0.15) is 4.31 Å². The summed E-state index contributed by atoms with van der Waals surface area (Å²) < 4.78 is 32.8. The summed E-state index contributed by atoms with van der Waals surface area (Å²) in [5.41, 5.74) is 0. The third kappa shape index (κ3) is 4.57. The molecule has 1 aromatic heterocycles. The average Bonchev–Trinajstić information content (AvgIpc) is 2.75. The number of piperazine rings is 1. The van der Waals surface area contributed by atoms with E-state index in [9.17, 15) is 8.42 Å². The predicted octanol–water partition coefficient (Wildman–Crippen LogP) is 2.50. The van der Waals surface area contributed by atoms with Crippen LogP contribution in [0, 0.1) is 0 Å². The molecule has 2 heterocycles. The standard InChI is InChI=1S/C19H26ClN5O3S/c1-4-23(5-2)18-8-9-19(22-21-18)24-10-12-25(13-11-24)29(26,27)17-14-15(20)6-7-16(17)28-3/h6-9,14H,4-5,10-13H2,1-3H3. The van der Waals surface area contributed by atoms with Crippen LogP contribution >= 0.6 is 11.6 Å². The van der Waals surface area contributed by atoms with Gasteiger partial charge in [0.15, 0.2) is 11.6 Å². The third-order valence-corrected chi connectivity index (χ3v) is 7.18. The van der Waals surface area contributed by atoms with Gasteiger partial charge >= 0.3 is 0 Å². The molecule has 0 saturated carbocycles. The first-order chi connectivity index (χ1) is 13.9.